The number of rotatable bonds is 1. The molecule has 26 heavy (non-hydrogen) atoms. The van der Waals surface area contributed by atoms with Crippen LogP contribution in [0.15, 0.2) is 4.52 Å². The van der Waals surface area contributed by atoms with E-state index < -0.39 is 11.5 Å². The second-order valence-electron chi connectivity index (χ2n) is 8.38. The minimum atomic E-state index is -0.602. The Morgan fingerprint density at radius 3 is 2.69 bits per heavy atom. The second-order valence-corrected chi connectivity index (χ2v) is 8.38. The number of hydrogen-bond donors (Lipinski definition) is 0. The molecule has 0 aromatic carbocycles. The SMILES string of the molecule is [C-]#[N+]C1C[C@]2(C)c3nn(C)c(-c4noc(C)n4)c3CC[C@H]2C(C)(C)C1=O. The van der Waals surface area contributed by atoms with Crippen LogP contribution in [-0.4, -0.2) is 31.7 Å². The molecule has 0 N–H and O–H groups in total. The number of nitrogens with zero attached hydrogens (tertiary/aromatic N) is 5. The van der Waals surface area contributed by atoms with Gasteiger partial charge in [0.05, 0.1) is 5.69 Å². The van der Waals surface area contributed by atoms with Crippen molar-refractivity contribution in [3.8, 4) is 11.5 Å². The lowest BCUT2D eigenvalue weighted by Gasteiger charge is -2.51. The molecule has 2 aromatic rings. The van der Waals surface area contributed by atoms with Gasteiger partial charge in [-0.25, -0.2) is 6.57 Å². The van der Waals surface area contributed by atoms with Crippen molar-refractivity contribution in [2.75, 3.05) is 0 Å². The van der Waals surface area contributed by atoms with Crippen molar-refractivity contribution in [1.29, 1.82) is 0 Å². The molecule has 2 aliphatic rings. The van der Waals surface area contributed by atoms with E-state index in [1.54, 1.807) is 6.92 Å². The van der Waals surface area contributed by atoms with Crippen molar-refractivity contribution in [2.24, 2.45) is 18.4 Å². The normalized spacial score (nSPS) is 29.8. The fraction of sp³-hybridized carbons (Fsp3) is 0.632. The van der Waals surface area contributed by atoms with Gasteiger partial charge in [0.15, 0.2) is 0 Å². The van der Waals surface area contributed by atoms with Gasteiger partial charge in [-0.15, -0.1) is 0 Å². The van der Waals surface area contributed by atoms with Gasteiger partial charge in [-0.05, 0) is 18.8 Å². The van der Waals surface area contributed by atoms with E-state index in [2.05, 4.69) is 21.9 Å². The molecule has 136 valence electrons. The highest BCUT2D eigenvalue weighted by Crippen LogP contribution is 2.56. The Balaban J connectivity index is 1.89. The maximum atomic E-state index is 12.8. The molecule has 0 aliphatic heterocycles. The molecule has 0 amide bonds. The molecular formula is C19H23N5O2. The summed E-state index contributed by atoms with van der Waals surface area (Å²) in [5, 5.41) is 8.91. The van der Waals surface area contributed by atoms with Crippen LogP contribution in [0.5, 0.6) is 0 Å². The predicted octanol–water partition coefficient (Wildman–Crippen LogP) is 2.89. The molecule has 0 radical (unpaired) electrons. The van der Waals surface area contributed by atoms with Crippen LogP contribution in [-0.2, 0) is 23.7 Å². The van der Waals surface area contributed by atoms with Crippen LogP contribution >= 0.6 is 0 Å². The monoisotopic (exact) mass is 353 g/mol. The summed E-state index contributed by atoms with van der Waals surface area (Å²) >= 11 is 0. The summed E-state index contributed by atoms with van der Waals surface area (Å²) in [6.07, 6.45) is 2.24. The van der Waals surface area contributed by atoms with Gasteiger partial charge in [0.1, 0.15) is 5.69 Å². The summed E-state index contributed by atoms with van der Waals surface area (Å²) in [5.74, 6) is 1.31. The first-order valence-electron chi connectivity index (χ1n) is 8.98. The zero-order valence-electron chi connectivity index (χ0n) is 15.8. The molecule has 2 aliphatic carbocycles. The number of carbonyl (C=O) groups is 1. The van der Waals surface area contributed by atoms with E-state index in [-0.39, 0.29) is 17.1 Å². The van der Waals surface area contributed by atoms with E-state index in [9.17, 15) is 4.79 Å². The number of carbonyl (C=O) groups excluding carboxylic acids is 1. The molecule has 2 heterocycles. The Labute approximate surface area is 152 Å². The third-order valence-electron chi connectivity index (χ3n) is 6.46. The number of ketones is 1. The summed E-state index contributed by atoms with van der Waals surface area (Å²) in [6, 6.07) is -0.602. The zero-order valence-corrected chi connectivity index (χ0v) is 15.8. The molecule has 1 unspecified atom stereocenters. The Hall–Kier alpha value is -2.49. The molecule has 1 saturated carbocycles. The fourth-order valence-corrected chi connectivity index (χ4v) is 5.31. The minimum Gasteiger partial charge on any atom is -0.339 e. The van der Waals surface area contributed by atoms with E-state index >= 15 is 0 Å². The second kappa shape index (κ2) is 5.26. The van der Waals surface area contributed by atoms with Crippen LogP contribution in [0.4, 0.5) is 0 Å². The summed E-state index contributed by atoms with van der Waals surface area (Å²) in [4.78, 5) is 20.8. The van der Waals surface area contributed by atoms with E-state index in [0.29, 0.717) is 18.1 Å². The highest BCUT2D eigenvalue weighted by Gasteiger charge is 2.61. The average Bonchev–Trinajstić information content (AvgIpc) is 3.14. The van der Waals surface area contributed by atoms with Crippen molar-refractivity contribution in [2.45, 2.75) is 58.4 Å². The minimum absolute atomic E-state index is 0.0726. The first kappa shape index (κ1) is 17.0. The highest BCUT2D eigenvalue weighted by atomic mass is 16.5. The molecule has 7 nitrogen and oxygen atoms in total. The largest absolute Gasteiger partial charge is 0.339 e. The summed E-state index contributed by atoms with van der Waals surface area (Å²) in [7, 11) is 1.89. The van der Waals surface area contributed by atoms with Crippen molar-refractivity contribution in [3.63, 3.8) is 0 Å². The molecule has 4 rings (SSSR count). The molecule has 0 bridgehead atoms. The van der Waals surface area contributed by atoms with Crippen LogP contribution in [0, 0.1) is 24.8 Å². The summed E-state index contributed by atoms with van der Waals surface area (Å²) in [5.41, 5.74) is 2.16. The third kappa shape index (κ3) is 2.05. The maximum absolute atomic E-state index is 12.8. The maximum Gasteiger partial charge on any atom is 0.282 e. The molecule has 0 saturated heterocycles. The quantitative estimate of drug-likeness (QED) is 0.737. The lowest BCUT2D eigenvalue weighted by molar-refractivity contribution is -0.137. The molecule has 7 heteroatoms. The Kier molecular flexibility index (Phi) is 3.43. The first-order chi connectivity index (χ1) is 12.2. The first-order valence-corrected chi connectivity index (χ1v) is 8.98. The van der Waals surface area contributed by atoms with Crippen molar-refractivity contribution in [3.05, 3.63) is 28.6 Å². The van der Waals surface area contributed by atoms with Crippen molar-refractivity contribution >= 4 is 5.78 Å². The van der Waals surface area contributed by atoms with Crippen molar-refractivity contribution < 1.29 is 9.32 Å². The van der Waals surface area contributed by atoms with Gasteiger partial charge in [-0.1, -0.05) is 25.9 Å². The third-order valence-corrected chi connectivity index (χ3v) is 6.46. The Morgan fingerprint density at radius 2 is 2.08 bits per heavy atom. The van der Waals surface area contributed by atoms with Crippen LogP contribution in [0.2, 0.25) is 0 Å². The van der Waals surface area contributed by atoms with Gasteiger partial charge in [0, 0.05) is 36.8 Å². The van der Waals surface area contributed by atoms with E-state index in [0.717, 1.165) is 29.8 Å². The van der Waals surface area contributed by atoms with E-state index in [1.807, 2.05) is 25.6 Å². The Morgan fingerprint density at radius 1 is 1.35 bits per heavy atom. The summed E-state index contributed by atoms with van der Waals surface area (Å²) in [6.45, 7) is 15.4. The number of Topliss-reactive ketones (excluding diaryl/α,β-unsaturated/α-hetero) is 1. The van der Waals surface area contributed by atoms with Crippen LogP contribution in [0.1, 0.15) is 50.8 Å². The summed E-state index contributed by atoms with van der Waals surface area (Å²) < 4.78 is 6.98. The van der Waals surface area contributed by atoms with Gasteiger partial charge in [0.2, 0.25) is 17.5 Å². The van der Waals surface area contributed by atoms with Gasteiger partial charge >= 0.3 is 0 Å². The van der Waals surface area contributed by atoms with E-state index in [4.69, 9.17) is 16.2 Å². The number of fused-ring (bicyclic) bond motifs is 3. The Bertz CT molecular complexity index is 948. The van der Waals surface area contributed by atoms with Gasteiger partial charge in [-0.2, -0.15) is 10.1 Å². The van der Waals surface area contributed by atoms with Crippen LogP contribution in [0.25, 0.3) is 16.4 Å². The average molecular weight is 353 g/mol. The lowest BCUT2D eigenvalue weighted by Crippen LogP contribution is -2.56. The molecular weight excluding hydrogens is 330 g/mol. The lowest BCUT2D eigenvalue weighted by atomic mass is 9.50. The van der Waals surface area contributed by atoms with Gasteiger partial charge in [0.25, 0.3) is 6.04 Å². The number of aryl methyl sites for hydroxylation is 2. The molecule has 2 aromatic heterocycles. The van der Waals surface area contributed by atoms with E-state index in [1.165, 1.54) is 0 Å². The standard InChI is InChI=1S/C19H23N5O2/c1-10-21-17(23-26-10)14-11-7-8-13-18(2,3)16(25)12(20-5)9-19(13,4)15(11)22-24(14)6/h12-13H,7-9H2,1-4,6H3/t12?,13-,19-/m0/s1. The smallest absolute Gasteiger partial charge is 0.282 e. The molecule has 1 fully saturated rings. The highest BCUT2D eigenvalue weighted by molar-refractivity contribution is 5.92. The topological polar surface area (TPSA) is 78.2 Å². The molecule has 3 atom stereocenters. The van der Waals surface area contributed by atoms with Gasteiger partial charge in [-0.3, -0.25) is 9.48 Å². The van der Waals surface area contributed by atoms with Crippen LogP contribution in [0.3, 0.4) is 0 Å². The predicted molar refractivity (Wildman–Crippen MR) is 94.2 cm³/mol. The number of aromatic nitrogens is 4. The number of hydrogen-bond acceptors (Lipinski definition) is 5. The van der Waals surface area contributed by atoms with Gasteiger partial charge < -0.3 is 9.37 Å². The zero-order chi connectivity index (χ0) is 18.9. The fourth-order valence-electron chi connectivity index (χ4n) is 5.31. The molecule has 0 spiro atoms. The van der Waals surface area contributed by atoms with Crippen molar-refractivity contribution in [1.82, 2.24) is 19.9 Å². The van der Waals surface area contributed by atoms with Crippen LogP contribution < -0.4 is 0 Å².